The molecular formula is C22H24N4O4. The molecule has 0 atom stereocenters. The van der Waals surface area contributed by atoms with Crippen LogP contribution in [0.15, 0.2) is 59.9 Å². The Morgan fingerprint density at radius 1 is 0.967 bits per heavy atom. The Kier molecular flexibility index (Phi) is 5.77. The summed E-state index contributed by atoms with van der Waals surface area (Å²) in [6, 6.07) is 13.1. The van der Waals surface area contributed by atoms with E-state index >= 15 is 0 Å². The first-order valence-corrected chi connectivity index (χ1v) is 9.47. The molecule has 1 heterocycles. The number of aromatic hydroxyl groups is 1. The summed E-state index contributed by atoms with van der Waals surface area (Å²) in [5.74, 6) is -1.74. The number of carbonyl (C=O) groups excluding carboxylic acids is 3. The maximum absolute atomic E-state index is 13.1. The predicted octanol–water partition coefficient (Wildman–Crippen LogP) is 2.29. The molecule has 0 radical (unpaired) electrons. The summed E-state index contributed by atoms with van der Waals surface area (Å²) < 4.78 is 0. The Bertz CT molecular complexity index is 1030. The molecule has 8 nitrogen and oxygen atoms in total. The van der Waals surface area contributed by atoms with E-state index in [1.54, 1.807) is 50.5 Å². The van der Waals surface area contributed by atoms with E-state index in [4.69, 9.17) is 0 Å². The van der Waals surface area contributed by atoms with E-state index in [-0.39, 0.29) is 40.3 Å². The summed E-state index contributed by atoms with van der Waals surface area (Å²) in [4.78, 5) is 40.9. The molecule has 0 unspecified atom stereocenters. The normalized spacial score (nSPS) is 13.8. The average molecular weight is 408 g/mol. The summed E-state index contributed by atoms with van der Waals surface area (Å²) in [5.41, 5.74) is 0.774. The van der Waals surface area contributed by atoms with E-state index in [2.05, 4.69) is 10.6 Å². The van der Waals surface area contributed by atoms with Gasteiger partial charge in [-0.05, 0) is 38.1 Å². The molecule has 156 valence electrons. The van der Waals surface area contributed by atoms with Gasteiger partial charge in [0.15, 0.2) is 5.75 Å². The summed E-state index contributed by atoms with van der Waals surface area (Å²) in [7, 11) is 3.15. The van der Waals surface area contributed by atoms with Crippen molar-refractivity contribution in [2.75, 3.05) is 24.3 Å². The van der Waals surface area contributed by atoms with Crippen LogP contribution in [-0.4, -0.2) is 47.9 Å². The van der Waals surface area contributed by atoms with E-state index in [0.717, 1.165) is 4.90 Å². The van der Waals surface area contributed by atoms with Gasteiger partial charge in [0.05, 0.1) is 16.9 Å². The zero-order valence-electron chi connectivity index (χ0n) is 17.3. The Labute approximate surface area is 174 Å². The summed E-state index contributed by atoms with van der Waals surface area (Å²) in [6.45, 7) is 3.70. The minimum atomic E-state index is -0.557. The third-order valence-corrected chi connectivity index (χ3v) is 4.46. The number of amides is 3. The van der Waals surface area contributed by atoms with Gasteiger partial charge in [-0.2, -0.15) is 0 Å². The molecule has 0 saturated carbocycles. The molecule has 8 heteroatoms. The van der Waals surface area contributed by atoms with Gasteiger partial charge < -0.3 is 20.6 Å². The summed E-state index contributed by atoms with van der Waals surface area (Å²) in [6.07, 6.45) is 0. The average Bonchev–Trinajstić information content (AvgIpc) is 2.93. The number of imide groups is 1. The Hall–Kier alpha value is -3.81. The first-order chi connectivity index (χ1) is 14.2. The monoisotopic (exact) mass is 408 g/mol. The van der Waals surface area contributed by atoms with Gasteiger partial charge in [-0.25, -0.2) is 4.90 Å². The van der Waals surface area contributed by atoms with Crippen LogP contribution in [-0.2, 0) is 9.59 Å². The van der Waals surface area contributed by atoms with E-state index < -0.39 is 11.8 Å². The van der Waals surface area contributed by atoms with Crippen molar-refractivity contribution in [3.05, 3.63) is 65.5 Å². The SMILES string of the molecule is CC(C)NC1=C(Nc2cccc(C(=O)N(C)C)c2O)C(=O)N(c2ccccc2)C1=O. The first kappa shape index (κ1) is 20.9. The molecule has 0 aromatic heterocycles. The number of nitrogens with zero attached hydrogens (tertiary/aromatic N) is 2. The van der Waals surface area contributed by atoms with E-state index in [0.29, 0.717) is 5.69 Å². The topological polar surface area (TPSA) is 102 Å². The van der Waals surface area contributed by atoms with Crippen LogP contribution >= 0.6 is 0 Å². The highest BCUT2D eigenvalue weighted by atomic mass is 16.3. The Morgan fingerprint density at radius 2 is 1.60 bits per heavy atom. The van der Waals surface area contributed by atoms with E-state index in [9.17, 15) is 19.5 Å². The van der Waals surface area contributed by atoms with Crippen LogP contribution in [0, 0.1) is 0 Å². The molecule has 0 spiro atoms. The number of hydrogen-bond donors (Lipinski definition) is 3. The fourth-order valence-corrected chi connectivity index (χ4v) is 3.07. The van der Waals surface area contributed by atoms with Crippen LogP contribution in [0.4, 0.5) is 11.4 Å². The number of para-hydroxylation sites is 2. The van der Waals surface area contributed by atoms with E-state index in [1.807, 2.05) is 13.8 Å². The van der Waals surface area contributed by atoms with Crippen LogP contribution in [0.3, 0.4) is 0 Å². The molecule has 2 aromatic carbocycles. The van der Waals surface area contributed by atoms with Crippen molar-refractivity contribution in [2.24, 2.45) is 0 Å². The predicted molar refractivity (Wildman–Crippen MR) is 114 cm³/mol. The smallest absolute Gasteiger partial charge is 0.284 e. The lowest BCUT2D eigenvalue weighted by Gasteiger charge is -2.16. The molecule has 0 aliphatic carbocycles. The lowest BCUT2D eigenvalue weighted by molar-refractivity contribution is -0.120. The van der Waals surface area contributed by atoms with Crippen LogP contribution in [0.5, 0.6) is 5.75 Å². The van der Waals surface area contributed by atoms with Crippen molar-refractivity contribution in [2.45, 2.75) is 19.9 Å². The van der Waals surface area contributed by atoms with Gasteiger partial charge >= 0.3 is 0 Å². The van der Waals surface area contributed by atoms with Crippen LogP contribution in [0.2, 0.25) is 0 Å². The quantitative estimate of drug-likeness (QED) is 0.501. The molecule has 30 heavy (non-hydrogen) atoms. The molecule has 3 amide bonds. The Morgan fingerprint density at radius 3 is 2.20 bits per heavy atom. The molecule has 0 fully saturated rings. The van der Waals surface area contributed by atoms with Gasteiger partial charge in [0.2, 0.25) is 0 Å². The Balaban J connectivity index is 2.03. The van der Waals surface area contributed by atoms with Crippen molar-refractivity contribution in [3.63, 3.8) is 0 Å². The molecule has 0 bridgehead atoms. The second-order valence-corrected chi connectivity index (χ2v) is 7.36. The number of nitrogens with one attached hydrogen (secondary N) is 2. The largest absolute Gasteiger partial charge is 0.505 e. The minimum Gasteiger partial charge on any atom is -0.505 e. The van der Waals surface area contributed by atoms with Crippen molar-refractivity contribution in [1.82, 2.24) is 10.2 Å². The summed E-state index contributed by atoms with van der Waals surface area (Å²) >= 11 is 0. The number of rotatable bonds is 6. The highest BCUT2D eigenvalue weighted by molar-refractivity contribution is 6.33. The van der Waals surface area contributed by atoms with Crippen LogP contribution in [0.1, 0.15) is 24.2 Å². The number of phenols is 1. The number of phenolic OH excluding ortho intramolecular Hbond substituents is 1. The highest BCUT2D eigenvalue weighted by Crippen LogP contribution is 2.32. The number of anilines is 2. The van der Waals surface area contributed by atoms with Crippen LogP contribution < -0.4 is 15.5 Å². The van der Waals surface area contributed by atoms with Crippen LogP contribution in [0.25, 0.3) is 0 Å². The van der Waals surface area contributed by atoms with Crippen molar-refractivity contribution >= 4 is 29.1 Å². The van der Waals surface area contributed by atoms with Gasteiger partial charge in [-0.1, -0.05) is 24.3 Å². The number of hydrogen-bond acceptors (Lipinski definition) is 6. The van der Waals surface area contributed by atoms with Gasteiger partial charge in [0, 0.05) is 20.1 Å². The van der Waals surface area contributed by atoms with Gasteiger partial charge in [-0.15, -0.1) is 0 Å². The third-order valence-electron chi connectivity index (χ3n) is 4.46. The van der Waals surface area contributed by atoms with Gasteiger partial charge in [-0.3, -0.25) is 14.4 Å². The second-order valence-electron chi connectivity index (χ2n) is 7.36. The van der Waals surface area contributed by atoms with E-state index in [1.165, 1.54) is 17.0 Å². The van der Waals surface area contributed by atoms with Gasteiger partial charge in [0.25, 0.3) is 17.7 Å². The fraction of sp³-hybridized carbons (Fsp3) is 0.227. The fourth-order valence-electron chi connectivity index (χ4n) is 3.07. The molecule has 0 saturated heterocycles. The number of carbonyl (C=O) groups is 3. The maximum Gasteiger partial charge on any atom is 0.284 e. The third kappa shape index (κ3) is 3.84. The highest BCUT2D eigenvalue weighted by Gasteiger charge is 2.40. The molecular weight excluding hydrogens is 384 g/mol. The number of benzene rings is 2. The zero-order valence-corrected chi connectivity index (χ0v) is 17.3. The molecule has 1 aliphatic rings. The second kappa shape index (κ2) is 8.28. The van der Waals surface area contributed by atoms with Gasteiger partial charge in [0.1, 0.15) is 11.4 Å². The van der Waals surface area contributed by atoms with Crippen molar-refractivity contribution in [3.8, 4) is 5.75 Å². The van der Waals surface area contributed by atoms with Crippen molar-refractivity contribution < 1.29 is 19.5 Å². The molecule has 1 aliphatic heterocycles. The van der Waals surface area contributed by atoms with Crippen molar-refractivity contribution in [1.29, 1.82) is 0 Å². The summed E-state index contributed by atoms with van der Waals surface area (Å²) in [5, 5.41) is 16.5. The molecule has 2 aromatic rings. The minimum absolute atomic E-state index is 0.00213. The lowest BCUT2D eigenvalue weighted by Crippen LogP contribution is -2.35. The lowest BCUT2D eigenvalue weighted by atomic mass is 10.1. The zero-order chi connectivity index (χ0) is 22.0. The standard InChI is InChI=1S/C22H24N4O4/c1-13(2)23-17-18(22(30)26(21(17)29)14-9-6-5-7-10-14)24-16-12-8-11-15(19(16)27)20(28)25(3)4/h5-13,23-24,27H,1-4H3. The first-order valence-electron chi connectivity index (χ1n) is 9.47. The molecule has 3 rings (SSSR count). The maximum atomic E-state index is 13.1. The molecule has 3 N–H and O–H groups in total.